The summed E-state index contributed by atoms with van der Waals surface area (Å²) in [6, 6.07) is 0. The second-order valence-corrected chi connectivity index (χ2v) is 7.61. The molecule has 0 amide bonds. The van der Waals surface area contributed by atoms with Gasteiger partial charge in [0.05, 0.1) is 6.10 Å². The molecule has 1 radical (unpaired) electrons. The van der Waals surface area contributed by atoms with Crippen LogP contribution in [0.3, 0.4) is 0 Å². The molecule has 1 atom stereocenters. The summed E-state index contributed by atoms with van der Waals surface area (Å²) in [5.41, 5.74) is 0. The first-order valence-corrected chi connectivity index (χ1v) is 10.9. The van der Waals surface area contributed by atoms with Gasteiger partial charge >= 0.3 is 0 Å². The third-order valence-electron chi connectivity index (χ3n) is 4.96. The average Bonchev–Trinajstić information content (AvgIpc) is 2.53. The van der Waals surface area contributed by atoms with E-state index >= 15 is 0 Å². The Labute approximate surface area is 147 Å². The molecule has 1 nitrogen and oxygen atoms in total. The van der Waals surface area contributed by atoms with Crippen LogP contribution in [0.5, 0.6) is 0 Å². The maximum atomic E-state index is 10.9. The third kappa shape index (κ3) is 22.0. The minimum Gasteiger partial charge on any atom is -0.233 e. The van der Waals surface area contributed by atoms with Crippen molar-refractivity contribution in [2.24, 2.45) is 0 Å². The zero-order valence-corrected chi connectivity index (χ0v) is 16.4. The summed E-state index contributed by atoms with van der Waals surface area (Å²) in [6.45, 7) is 4.07. The van der Waals surface area contributed by atoms with E-state index in [1.165, 1.54) is 109 Å². The lowest BCUT2D eigenvalue weighted by Crippen LogP contribution is -1.95. The highest BCUT2D eigenvalue weighted by molar-refractivity contribution is 4.51. The van der Waals surface area contributed by atoms with Gasteiger partial charge in [0.15, 0.2) is 0 Å². The number of unbranched alkanes of at least 4 members (excludes halogenated alkanes) is 17. The highest BCUT2D eigenvalue weighted by Crippen LogP contribution is 2.14. The van der Waals surface area contributed by atoms with Crippen molar-refractivity contribution < 1.29 is 5.11 Å². The van der Waals surface area contributed by atoms with E-state index in [2.05, 4.69) is 6.92 Å². The van der Waals surface area contributed by atoms with Crippen molar-refractivity contribution in [1.82, 2.24) is 0 Å². The second-order valence-electron chi connectivity index (χ2n) is 7.61. The topological polar surface area (TPSA) is 19.9 Å². The van der Waals surface area contributed by atoms with Crippen LogP contribution in [-0.2, 0) is 5.11 Å². The van der Waals surface area contributed by atoms with Gasteiger partial charge in [-0.05, 0) is 13.3 Å². The lowest BCUT2D eigenvalue weighted by Gasteiger charge is -2.04. The lowest BCUT2D eigenvalue weighted by molar-refractivity contribution is 0.0950. The van der Waals surface area contributed by atoms with Gasteiger partial charge in [-0.3, -0.25) is 0 Å². The van der Waals surface area contributed by atoms with Gasteiger partial charge in [0, 0.05) is 0 Å². The predicted octanol–water partition coefficient (Wildman–Crippen LogP) is 8.24. The molecular formula is C22H45O. The lowest BCUT2D eigenvalue weighted by atomic mass is 10.0. The summed E-state index contributed by atoms with van der Waals surface area (Å²) in [4.78, 5) is 0. The molecule has 0 saturated carbocycles. The number of hydrogen-bond acceptors (Lipinski definition) is 0. The third-order valence-corrected chi connectivity index (χ3v) is 4.96. The molecule has 1 unspecified atom stereocenters. The van der Waals surface area contributed by atoms with Crippen LogP contribution in [0.4, 0.5) is 0 Å². The summed E-state index contributed by atoms with van der Waals surface area (Å²) >= 11 is 0. The van der Waals surface area contributed by atoms with Gasteiger partial charge in [0.2, 0.25) is 0 Å². The zero-order chi connectivity index (χ0) is 17.0. The quantitative estimate of drug-likeness (QED) is 0.213. The van der Waals surface area contributed by atoms with E-state index in [0.717, 1.165) is 12.8 Å². The Hall–Kier alpha value is -0.0400. The van der Waals surface area contributed by atoms with Crippen molar-refractivity contribution in [3.8, 4) is 0 Å². The largest absolute Gasteiger partial charge is 0.233 e. The van der Waals surface area contributed by atoms with Crippen LogP contribution >= 0.6 is 0 Å². The van der Waals surface area contributed by atoms with Crippen molar-refractivity contribution >= 4 is 0 Å². The van der Waals surface area contributed by atoms with Crippen LogP contribution in [0.2, 0.25) is 0 Å². The van der Waals surface area contributed by atoms with Crippen LogP contribution < -0.4 is 0 Å². The number of hydrogen-bond donors (Lipinski definition) is 0. The fourth-order valence-corrected chi connectivity index (χ4v) is 3.33. The van der Waals surface area contributed by atoms with Gasteiger partial charge in [-0.15, -0.1) is 0 Å². The molecule has 0 aliphatic rings. The van der Waals surface area contributed by atoms with Crippen molar-refractivity contribution in [1.29, 1.82) is 0 Å². The summed E-state index contributed by atoms with van der Waals surface area (Å²) in [5, 5.41) is 10.9. The minimum absolute atomic E-state index is 0.351. The first-order chi connectivity index (χ1) is 11.3. The van der Waals surface area contributed by atoms with Gasteiger partial charge in [-0.2, -0.15) is 0 Å². The smallest absolute Gasteiger partial charge is 0.0902 e. The molecule has 0 aromatic heterocycles. The van der Waals surface area contributed by atoms with E-state index < -0.39 is 0 Å². The molecule has 0 bridgehead atoms. The van der Waals surface area contributed by atoms with E-state index in [1.807, 2.05) is 0 Å². The van der Waals surface area contributed by atoms with Crippen LogP contribution in [0.1, 0.15) is 136 Å². The van der Waals surface area contributed by atoms with E-state index in [9.17, 15) is 5.11 Å². The van der Waals surface area contributed by atoms with E-state index in [1.54, 1.807) is 6.92 Å². The molecule has 0 fully saturated rings. The standard InChI is InChI=1S/C22H45O/c1-3-4-5-6-7-8-9-10-11-12-13-14-15-16-17-18-19-20-21-22(2)23/h22H,3-21H2,1-2H3. The summed E-state index contributed by atoms with van der Waals surface area (Å²) in [6.07, 6.45) is 25.9. The van der Waals surface area contributed by atoms with Gasteiger partial charge in [-0.25, -0.2) is 5.11 Å². The van der Waals surface area contributed by atoms with E-state index in [-0.39, 0.29) is 6.10 Å². The molecule has 1 heteroatoms. The monoisotopic (exact) mass is 325 g/mol. The molecule has 0 aromatic carbocycles. The van der Waals surface area contributed by atoms with Crippen LogP contribution in [0.25, 0.3) is 0 Å². The SMILES string of the molecule is CCCCCCCCCCCCCCCCCCCCC(C)[O]. The van der Waals surface area contributed by atoms with Gasteiger partial charge in [0.1, 0.15) is 0 Å². The predicted molar refractivity (Wildman–Crippen MR) is 104 cm³/mol. The summed E-state index contributed by atoms with van der Waals surface area (Å²) < 4.78 is 0. The molecule has 0 N–H and O–H groups in total. The molecule has 23 heavy (non-hydrogen) atoms. The molecular weight excluding hydrogens is 280 g/mol. The fourth-order valence-electron chi connectivity index (χ4n) is 3.33. The Morgan fingerprint density at radius 1 is 0.478 bits per heavy atom. The summed E-state index contributed by atoms with van der Waals surface area (Å²) in [5.74, 6) is 0. The Morgan fingerprint density at radius 2 is 0.739 bits per heavy atom. The number of rotatable bonds is 19. The molecule has 0 rings (SSSR count). The van der Waals surface area contributed by atoms with E-state index in [4.69, 9.17) is 0 Å². The molecule has 0 aromatic rings. The average molecular weight is 326 g/mol. The Kier molecular flexibility index (Phi) is 20.0. The first kappa shape index (κ1) is 23.0. The van der Waals surface area contributed by atoms with Crippen molar-refractivity contribution in [3.05, 3.63) is 0 Å². The molecule has 0 aliphatic heterocycles. The Balaban J connectivity index is 2.95. The molecule has 0 saturated heterocycles. The highest BCUT2D eigenvalue weighted by atomic mass is 16.3. The van der Waals surface area contributed by atoms with Gasteiger partial charge < -0.3 is 0 Å². The molecule has 0 spiro atoms. The molecule has 139 valence electrons. The normalized spacial score (nSPS) is 12.7. The Bertz CT molecular complexity index is 200. The van der Waals surface area contributed by atoms with Crippen LogP contribution in [-0.4, -0.2) is 6.10 Å². The zero-order valence-electron chi connectivity index (χ0n) is 16.4. The van der Waals surface area contributed by atoms with Crippen LogP contribution in [0.15, 0.2) is 0 Å². The minimum atomic E-state index is -0.351. The maximum absolute atomic E-state index is 10.9. The van der Waals surface area contributed by atoms with Crippen molar-refractivity contribution in [2.75, 3.05) is 0 Å². The van der Waals surface area contributed by atoms with Crippen LogP contribution in [0, 0.1) is 0 Å². The maximum Gasteiger partial charge on any atom is 0.0902 e. The fraction of sp³-hybridized carbons (Fsp3) is 1.00. The first-order valence-electron chi connectivity index (χ1n) is 10.9. The summed E-state index contributed by atoms with van der Waals surface area (Å²) in [7, 11) is 0. The highest BCUT2D eigenvalue weighted by Gasteiger charge is 1.97. The molecule has 0 aliphatic carbocycles. The second kappa shape index (κ2) is 20.0. The van der Waals surface area contributed by atoms with Gasteiger partial charge in [0.25, 0.3) is 0 Å². The van der Waals surface area contributed by atoms with Crippen molar-refractivity contribution in [3.63, 3.8) is 0 Å². The molecule has 0 heterocycles. The van der Waals surface area contributed by atoms with E-state index in [0.29, 0.717) is 0 Å². The van der Waals surface area contributed by atoms with Gasteiger partial charge in [-0.1, -0.05) is 122 Å². The Morgan fingerprint density at radius 3 is 1.00 bits per heavy atom. The van der Waals surface area contributed by atoms with Crippen molar-refractivity contribution in [2.45, 2.75) is 142 Å².